The third-order valence-electron chi connectivity index (χ3n) is 6.03. The highest BCUT2D eigenvalue weighted by Gasteiger charge is 2.31. The van der Waals surface area contributed by atoms with Gasteiger partial charge in [0, 0.05) is 44.5 Å². The lowest BCUT2D eigenvalue weighted by molar-refractivity contribution is -0.137. The summed E-state index contributed by atoms with van der Waals surface area (Å²) in [6.07, 6.45) is -3.20. The van der Waals surface area contributed by atoms with Crippen LogP contribution in [0.5, 0.6) is 5.75 Å². The van der Waals surface area contributed by atoms with Gasteiger partial charge >= 0.3 is 12.1 Å². The largest absolute Gasteiger partial charge is 0.496 e. The van der Waals surface area contributed by atoms with Crippen molar-refractivity contribution in [3.05, 3.63) is 64.2 Å². The van der Waals surface area contributed by atoms with Crippen LogP contribution in [0.25, 0.3) is 11.1 Å². The molecular formula is C26H30F3N5O4. The van der Waals surface area contributed by atoms with Crippen LogP contribution in [-0.2, 0) is 24.7 Å². The van der Waals surface area contributed by atoms with Crippen molar-refractivity contribution in [2.75, 3.05) is 30.4 Å². The average Bonchev–Trinajstić information content (AvgIpc) is 2.87. The highest BCUT2D eigenvalue weighted by Crippen LogP contribution is 2.28. The molecule has 2 N–H and O–H groups in total. The molecule has 0 radical (unpaired) electrons. The number of aromatic nitrogens is 3. The number of aliphatic carboxylic acids is 1. The number of anilines is 2. The molecule has 2 heterocycles. The summed E-state index contributed by atoms with van der Waals surface area (Å²) in [5, 5.41) is 12.6. The molecule has 38 heavy (non-hydrogen) atoms. The Morgan fingerprint density at radius 3 is 2.39 bits per heavy atom. The van der Waals surface area contributed by atoms with E-state index in [1.165, 1.54) is 11.7 Å². The minimum absolute atomic E-state index is 0.0460. The molecule has 2 aromatic heterocycles. The Balaban J connectivity index is 1.91. The van der Waals surface area contributed by atoms with E-state index in [0.29, 0.717) is 35.5 Å². The summed E-state index contributed by atoms with van der Waals surface area (Å²) in [6, 6.07) is 7.07. The summed E-state index contributed by atoms with van der Waals surface area (Å²) < 4.78 is 46.3. The van der Waals surface area contributed by atoms with Gasteiger partial charge in [-0.3, -0.25) is 4.79 Å². The molecule has 3 aromatic rings. The number of alkyl halides is 3. The van der Waals surface area contributed by atoms with E-state index in [4.69, 9.17) is 4.74 Å². The molecule has 9 nitrogen and oxygen atoms in total. The van der Waals surface area contributed by atoms with Crippen LogP contribution in [0, 0.1) is 0 Å². The molecule has 12 heteroatoms. The van der Waals surface area contributed by atoms with Crippen LogP contribution in [-0.4, -0.2) is 58.0 Å². The van der Waals surface area contributed by atoms with Crippen LogP contribution in [0.1, 0.15) is 25.0 Å². The van der Waals surface area contributed by atoms with Gasteiger partial charge in [0.1, 0.15) is 17.6 Å². The summed E-state index contributed by atoms with van der Waals surface area (Å²) >= 11 is 0. The van der Waals surface area contributed by atoms with Gasteiger partial charge in [0.2, 0.25) is 5.95 Å². The highest BCUT2D eigenvalue weighted by atomic mass is 19.4. The number of hydrogen-bond acceptors (Lipinski definition) is 7. The van der Waals surface area contributed by atoms with Crippen molar-refractivity contribution in [2.24, 2.45) is 7.05 Å². The normalized spacial score (nSPS) is 12.2. The van der Waals surface area contributed by atoms with Gasteiger partial charge in [-0.15, -0.1) is 0 Å². The predicted octanol–water partition coefficient (Wildman–Crippen LogP) is 3.91. The van der Waals surface area contributed by atoms with Crippen LogP contribution in [0.2, 0.25) is 0 Å². The lowest BCUT2D eigenvalue weighted by atomic mass is 10.0. The Labute approximate surface area is 217 Å². The van der Waals surface area contributed by atoms with E-state index < -0.39 is 24.6 Å². The number of methoxy groups -OCH3 is 1. The zero-order valence-electron chi connectivity index (χ0n) is 21.5. The molecule has 0 aliphatic rings. The van der Waals surface area contributed by atoms with Gasteiger partial charge in [0.05, 0.1) is 19.1 Å². The van der Waals surface area contributed by atoms with Crippen molar-refractivity contribution in [3.8, 4) is 16.9 Å². The van der Waals surface area contributed by atoms with Gasteiger partial charge < -0.3 is 24.6 Å². The number of carboxylic acids is 1. The van der Waals surface area contributed by atoms with E-state index in [1.54, 1.807) is 48.5 Å². The van der Waals surface area contributed by atoms with Crippen LogP contribution in [0.3, 0.4) is 0 Å². The molecule has 1 atom stereocenters. The fraction of sp³-hybridized carbons (Fsp3) is 0.385. The number of nitrogens with zero attached hydrogens (tertiary/aromatic N) is 4. The van der Waals surface area contributed by atoms with Gasteiger partial charge in [-0.1, -0.05) is 24.3 Å². The van der Waals surface area contributed by atoms with Gasteiger partial charge in [-0.2, -0.15) is 18.2 Å². The fourth-order valence-electron chi connectivity index (χ4n) is 3.98. The standard InChI is InChI=1S/C26H30F3N5O4/c1-5-34(6-2)25-30-15-18(14-26(27,28)29)22(32-25)31-19(24(36)37)13-16-7-9-17(10-8-16)21-20(38-4)11-12-33(3)23(21)35/h7-12,15,19H,5-6,13-14H2,1-4H3,(H,36,37)(H,30,31,32)/t19-/m0/s1. The number of carbonyl (C=O) groups is 1. The first-order chi connectivity index (χ1) is 18.0. The third kappa shape index (κ3) is 6.81. The Bertz CT molecular complexity index is 1320. The molecular weight excluding hydrogens is 503 g/mol. The summed E-state index contributed by atoms with van der Waals surface area (Å²) in [4.78, 5) is 34.8. The maximum atomic E-state index is 13.2. The van der Waals surface area contributed by atoms with Crippen molar-refractivity contribution < 1.29 is 27.8 Å². The second-order valence-electron chi connectivity index (χ2n) is 8.62. The molecule has 0 aliphatic carbocycles. The summed E-state index contributed by atoms with van der Waals surface area (Å²) in [5.41, 5.74) is 1.03. The number of rotatable bonds is 11. The number of hydrogen-bond donors (Lipinski definition) is 2. The average molecular weight is 534 g/mol. The molecule has 1 aromatic carbocycles. The molecule has 0 saturated heterocycles. The number of pyridine rings is 1. The van der Waals surface area contributed by atoms with E-state index in [1.807, 2.05) is 13.8 Å². The first kappa shape index (κ1) is 28.5. The van der Waals surface area contributed by atoms with Gasteiger partial charge in [0.25, 0.3) is 5.56 Å². The van der Waals surface area contributed by atoms with Crippen molar-refractivity contribution in [1.82, 2.24) is 14.5 Å². The molecule has 0 aliphatic heterocycles. The van der Waals surface area contributed by atoms with Crippen LogP contribution < -0.4 is 20.5 Å². The van der Waals surface area contributed by atoms with Gasteiger partial charge in [-0.25, -0.2) is 9.78 Å². The second kappa shape index (κ2) is 12.0. The smallest absolute Gasteiger partial charge is 0.393 e. The van der Waals surface area contributed by atoms with Crippen molar-refractivity contribution in [1.29, 1.82) is 0 Å². The number of benzene rings is 1. The zero-order valence-corrected chi connectivity index (χ0v) is 21.5. The zero-order chi connectivity index (χ0) is 28.0. The van der Waals surface area contributed by atoms with Crippen molar-refractivity contribution in [2.45, 2.75) is 38.9 Å². The molecule has 0 spiro atoms. The van der Waals surface area contributed by atoms with E-state index in [0.717, 1.165) is 6.20 Å². The predicted molar refractivity (Wildman–Crippen MR) is 138 cm³/mol. The Morgan fingerprint density at radius 2 is 1.84 bits per heavy atom. The topological polar surface area (TPSA) is 110 Å². The molecule has 204 valence electrons. The maximum Gasteiger partial charge on any atom is 0.393 e. The van der Waals surface area contributed by atoms with Crippen molar-refractivity contribution >= 4 is 17.7 Å². The summed E-state index contributed by atoms with van der Waals surface area (Å²) in [5.74, 6) is -0.833. The van der Waals surface area contributed by atoms with E-state index in [-0.39, 0.29) is 29.3 Å². The van der Waals surface area contributed by atoms with E-state index in [2.05, 4.69) is 15.3 Å². The number of halogens is 3. The minimum Gasteiger partial charge on any atom is -0.496 e. The van der Waals surface area contributed by atoms with E-state index in [9.17, 15) is 27.9 Å². The van der Waals surface area contributed by atoms with Crippen molar-refractivity contribution in [3.63, 3.8) is 0 Å². The molecule has 0 saturated carbocycles. The Kier molecular flexibility index (Phi) is 8.97. The molecule has 0 fully saturated rings. The SMILES string of the molecule is CCN(CC)c1ncc(CC(F)(F)F)c(N[C@@H](Cc2ccc(-c3c(OC)ccn(C)c3=O)cc2)C(=O)O)n1. The highest BCUT2D eigenvalue weighted by molar-refractivity contribution is 5.78. The van der Waals surface area contributed by atoms with Crippen LogP contribution in [0.4, 0.5) is 24.9 Å². The van der Waals surface area contributed by atoms with Crippen LogP contribution >= 0.6 is 0 Å². The first-order valence-electron chi connectivity index (χ1n) is 12.0. The maximum absolute atomic E-state index is 13.2. The summed E-state index contributed by atoms with van der Waals surface area (Å²) in [6.45, 7) is 4.76. The fourth-order valence-corrected chi connectivity index (χ4v) is 3.98. The summed E-state index contributed by atoms with van der Waals surface area (Å²) in [7, 11) is 3.08. The Morgan fingerprint density at radius 1 is 1.18 bits per heavy atom. The van der Waals surface area contributed by atoms with Crippen LogP contribution in [0.15, 0.2) is 47.5 Å². The number of nitrogens with one attached hydrogen (secondary N) is 1. The molecule has 0 unspecified atom stereocenters. The minimum atomic E-state index is -4.53. The monoisotopic (exact) mass is 533 g/mol. The molecule has 0 amide bonds. The third-order valence-corrected chi connectivity index (χ3v) is 6.03. The lowest BCUT2D eigenvalue weighted by Gasteiger charge is -2.22. The second-order valence-corrected chi connectivity index (χ2v) is 8.62. The first-order valence-corrected chi connectivity index (χ1v) is 12.0. The molecule has 0 bridgehead atoms. The van der Waals surface area contributed by atoms with Gasteiger partial charge in [-0.05, 0) is 31.0 Å². The quantitative estimate of drug-likeness (QED) is 0.382. The lowest BCUT2D eigenvalue weighted by Crippen LogP contribution is -2.33. The number of aryl methyl sites for hydroxylation is 1. The Hall–Kier alpha value is -4.09. The molecule has 3 rings (SSSR count). The number of ether oxygens (including phenoxy) is 1. The van der Waals surface area contributed by atoms with E-state index >= 15 is 0 Å². The van der Waals surface area contributed by atoms with Gasteiger partial charge in [0.15, 0.2) is 0 Å². The number of carboxylic acid groups (broad SMARTS) is 1.